The van der Waals surface area contributed by atoms with Crippen LogP contribution in [0.4, 0.5) is 10.2 Å². The summed E-state index contributed by atoms with van der Waals surface area (Å²) < 4.78 is 15.7. The molecule has 0 aliphatic carbocycles. The van der Waals surface area contributed by atoms with Gasteiger partial charge in [0.15, 0.2) is 0 Å². The number of nitriles is 1. The van der Waals surface area contributed by atoms with E-state index in [1.165, 1.54) is 23.0 Å². The normalized spacial score (nSPS) is 10.9. The summed E-state index contributed by atoms with van der Waals surface area (Å²) in [5.41, 5.74) is 4.71. The number of rotatable bonds is 6. The molecule has 0 saturated heterocycles. The van der Waals surface area contributed by atoms with Gasteiger partial charge in [0.2, 0.25) is 0 Å². The molecule has 0 saturated carbocycles. The fourth-order valence-corrected chi connectivity index (χ4v) is 4.86. The van der Waals surface area contributed by atoms with Crippen LogP contribution >= 0.6 is 11.8 Å². The van der Waals surface area contributed by atoms with E-state index in [1.54, 1.807) is 24.8 Å². The third-order valence-corrected chi connectivity index (χ3v) is 6.97. The lowest BCUT2D eigenvalue weighted by molar-refractivity contribution is 0.618. The largest absolute Gasteiger partial charge is 0.365 e. The van der Waals surface area contributed by atoms with Crippen molar-refractivity contribution in [3.8, 4) is 28.3 Å². The topological polar surface area (TPSA) is 83.1 Å². The summed E-state index contributed by atoms with van der Waals surface area (Å²) in [6.07, 6.45) is 4.63. The molecule has 0 spiro atoms. The maximum atomic E-state index is 14.4. The molecule has 0 atom stereocenters. The number of thioether (sulfide) groups is 1. The number of aryl methyl sites for hydroxylation is 1. The van der Waals surface area contributed by atoms with Crippen LogP contribution in [0.3, 0.4) is 0 Å². The number of pyridine rings is 2. The smallest absolute Gasteiger partial charge is 0.263 e. The minimum absolute atomic E-state index is 0.206. The zero-order valence-corrected chi connectivity index (χ0v) is 21.0. The van der Waals surface area contributed by atoms with Crippen LogP contribution in [0.1, 0.15) is 16.8 Å². The Kier molecular flexibility index (Phi) is 6.71. The first kappa shape index (κ1) is 24.2. The van der Waals surface area contributed by atoms with Crippen molar-refractivity contribution in [3.05, 3.63) is 112 Å². The second-order valence-corrected chi connectivity index (χ2v) is 9.26. The van der Waals surface area contributed by atoms with Crippen molar-refractivity contribution in [1.82, 2.24) is 14.4 Å². The minimum atomic E-state index is -0.502. The van der Waals surface area contributed by atoms with Gasteiger partial charge in [0, 0.05) is 23.2 Å². The Bertz CT molecular complexity index is 1710. The summed E-state index contributed by atoms with van der Waals surface area (Å²) in [6, 6.07) is 22.5. The van der Waals surface area contributed by atoms with Crippen LogP contribution in [0.25, 0.3) is 27.8 Å². The van der Waals surface area contributed by atoms with Crippen molar-refractivity contribution >= 4 is 23.1 Å². The van der Waals surface area contributed by atoms with Crippen molar-refractivity contribution in [1.29, 1.82) is 5.26 Å². The average molecular weight is 508 g/mol. The van der Waals surface area contributed by atoms with E-state index in [0.717, 1.165) is 21.6 Å². The van der Waals surface area contributed by atoms with Crippen molar-refractivity contribution < 1.29 is 4.39 Å². The van der Waals surface area contributed by atoms with Crippen molar-refractivity contribution in [2.75, 3.05) is 11.6 Å². The summed E-state index contributed by atoms with van der Waals surface area (Å²) in [5.74, 6) is -0.115. The molecular formula is C29H22FN5OS. The summed E-state index contributed by atoms with van der Waals surface area (Å²) in [6.45, 7) is 1.95. The third-order valence-electron chi connectivity index (χ3n) is 6.23. The molecule has 6 nitrogen and oxygen atoms in total. The Morgan fingerprint density at radius 3 is 2.43 bits per heavy atom. The molecule has 0 unspecified atom stereocenters. The molecule has 2 aromatic carbocycles. The molecule has 0 amide bonds. The fraction of sp³-hybridized carbons (Fsp3) is 0.103. The number of hydrogen-bond donors (Lipinski definition) is 1. The predicted molar refractivity (Wildman–Crippen MR) is 145 cm³/mol. The zero-order valence-electron chi connectivity index (χ0n) is 20.2. The molecule has 5 aromatic rings. The van der Waals surface area contributed by atoms with Gasteiger partial charge in [-0.2, -0.15) is 5.26 Å². The molecule has 8 heteroatoms. The van der Waals surface area contributed by atoms with E-state index in [-0.39, 0.29) is 12.1 Å². The minimum Gasteiger partial charge on any atom is -0.365 e. The number of nitrogens with one attached hydrogen (secondary N) is 1. The maximum absolute atomic E-state index is 14.4. The summed E-state index contributed by atoms with van der Waals surface area (Å²) >= 11 is 1.64. The Morgan fingerprint density at radius 2 is 1.73 bits per heavy atom. The monoisotopic (exact) mass is 507 g/mol. The Morgan fingerprint density at radius 1 is 1.00 bits per heavy atom. The predicted octanol–water partition coefficient (Wildman–Crippen LogP) is 6.08. The highest BCUT2D eigenvalue weighted by Crippen LogP contribution is 2.35. The molecule has 0 bridgehead atoms. The van der Waals surface area contributed by atoms with Crippen LogP contribution in [0.15, 0.2) is 88.9 Å². The first-order chi connectivity index (χ1) is 18.0. The third kappa shape index (κ3) is 4.57. The molecule has 5 rings (SSSR count). The van der Waals surface area contributed by atoms with E-state index in [4.69, 9.17) is 0 Å². The summed E-state index contributed by atoms with van der Waals surface area (Å²) in [4.78, 5) is 23.3. The van der Waals surface area contributed by atoms with E-state index >= 15 is 0 Å². The quantitative estimate of drug-likeness (QED) is 0.281. The SMILES string of the molecule is CSc1ccc(-c2c(CNc3ncnc(C)c3C#N)c(-c3ccccc3)c(=O)n3cc(F)ccc23)cc1. The number of benzene rings is 2. The fourth-order valence-electron chi connectivity index (χ4n) is 4.45. The number of fused-ring (bicyclic) bond motifs is 1. The van der Waals surface area contributed by atoms with E-state index in [1.807, 2.05) is 60.9 Å². The van der Waals surface area contributed by atoms with E-state index in [9.17, 15) is 14.4 Å². The number of nitrogens with zero attached hydrogens (tertiary/aromatic N) is 4. The highest BCUT2D eigenvalue weighted by Gasteiger charge is 2.21. The van der Waals surface area contributed by atoms with Crippen LogP contribution in [0, 0.1) is 24.1 Å². The van der Waals surface area contributed by atoms with Gasteiger partial charge in [-0.1, -0.05) is 42.5 Å². The first-order valence-electron chi connectivity index (χ1n) is 11.5. The van der Waals surface area contributed by atoms with Gasteiger partial charge in [0.25, 0.3) is 5.56 Å². The van der Waals surface area contributed by atoms with E-state index in [2.05, 4.69) is 21.4 Å². The lowest BCUT2D eigenvalue weighted by Crippen LogP contribution is -2.21. The lowest BCUT2D eigenvalue weighted by Gasteiger charge is -2.20. The Labute approximate surface area is 217 Å². The standard InChI is InChI=1S/C29H22FN5OS/c1-18-23(14-31)28(34-17-33-18)32-15-24-26(20-8-11-22(37-2)12-9-20)25-13-10-21(30)16-35(25)29(36)27(24)19-6-4-3-5-7-19/h3-13,16-17H,15H2,1-2H3,(H,32,33,34). The average Bonchev–Trinajstić information content (AvgIpc) is 2.93. The first-order valence-corrected chi connectivity index (χ1v) is 12.8. The molecule has 0 aliphatic rings. The van der Waals surface area contributed by atoms with Gasteiger partial charge in [-0.05, 0) is 54.1 Å². The van der Waals surface area contributed by atoms with Gasteiger partial charge in [0.05, 0.1) is 16.8 Å². The van der Waals surface area contributed by atoms with Gasteiger partial charge in [-0.3, -0.25) is 9.20 Å². The number of aromatic nitrogens is 3. The molecule has 3 aromatic heterocycles. The zero-order chi connectivity index (χ0) is 25.9. The molecule has 0 fully saturated rings. The van der Waals surface area contributed by atoms with Crippen LogP contribution in [0.5, 0.6) is 0 Å². The maximum Gasteiger partial charge on any atom is 0.263 e. The van der Waals surface area contributed by atoms with Crippen LogP contribution in [-0.4, -0.2) is 20.6 Å². The number of halogens is 1. The van der Waals surface area contributed by atoms with Gasteiger partial charge >= 0.3 is 0 Å². The second kappa shape index (κ2) is 10.2. The van der Waals surface area contributed by atoms with Crippen molar-refractivity contribution in [2.24, 2.45) is 0 Å². The number of anilines is 1. The summed E-state index contributed by atoms with van der Waals surface area (Å²) in [7, 11) is 0. The molecule has 0 aliphatic heterocycles. The number of hydrogen-bond acceptors (Lipinski definition) is 6. The van der Waals surface area contributed by atoms with Gasteiger partial charge in [0.1, 0.15) is 29.6 Å². The van der Waals surface area contributed by atoms with E-state index in [0.29, 0.717) is 33.7 Å². The lowest BCUT2D eigenvalue weighted by atomic mass is 9.91. The van der Waals surface area contributed by atoms with Crippen LogP contribution < -0.4 is 10.9 Å². The Balaban J connectivity index is 1.82. The molecular weight excluding hydrogens is 485 g/mol. The van der Waals surface area contributed by atoms with Crippen LogP contribution in [-0.2, 0) is 6.54 Å². The van der Waals surface area contributed by atoms with E-state index < -0.39 is 5.82 Å². The second-order valence-electron chi connectivity index (χ2n) is 8.38. The molecule has 3 heterocycles. The molecule has 182 valence electrons. The Hall–Kier alpha value is -4.48. The van der Waals surface area contributed by atoms with Gasteiger partial charge in [-0.15, -0.1) is 11.8 Å². The van der Waals surface area contributed by atoms with Gasteiger partial charge in [-0.25, -0.2) is 14.4 Å². The highest BCUT2D eigenvalue weighted by molar-refractivity contribution is 7.98. The van der Waals surface area contributed by atoms with Gasteiger partial charge < -0.3 is 5.32 Å². The van der Waals surface area contributed by atoms with Crippen molar-refractivity contribution in [3.63, 3.8) is 0 Å². The highest BCUT2D eigenvalue weighted by atomic mass is 32.2. The molecule has 37 heavy (non-hydrogen) atoms. The van der Waals surface area contributed by atoms with Crippen LogP contribution in [0.2, 0.25) is 0 Å². The molecule has 1 N–H and O–H groups in total. The van der Waals surface area contributed by atoms with Crippen molar-refractivity contribution in [2.45, 2.75) is 18.4 Å². The molecule has 0 radical (unpaired) electrons. The summed E-state index contributed by atoms with van der Waals surface area (Å²) in [5, 5.41) is 12.9.